The fourth-order valence-corrected chi connectivity index (χ4v) is 1.77. The second-order valence-corrected chi connectivity index (χ2v) is 5.03. The van der Waals surface area contributed by atoms with Gasteiger partial charge in [0.05, 0.1) is 0 Å². The highest BCUT2D eigenvalue weighted by Crippen LogP contribution is 2.32. The maximum Gasteiger partial charge on any atom is 0.0370 e. The molecule has 1 rings (SSSR count). The summed E-state index contributed by atoms with van der Waals surface area (Å²) in [5, 5.41) is 3.60. The van der Waals surface area contributed by atoms with Crippen LogP contribution in [-0.2, 0) is 0 Å². The minimum absolute atomic E-state index is 0.233. The van der Waals surface area contributed by atoms with Gasteiger partial charge in [-0.15, -0.1) is 0 Å². The van der Waals surface area contributed by atoms with Crippen LogP contribution in [0.15, 0.2) is 24.5 Å². The van der Waals surface area contributed by atoms with Crippen LogP contribution in [0.3, 0.4) is 0 Å². The number of nitrogens with one attached hydrogen (secondary N) is 1. The largest absolute Gasteiger partial charge is 0.309 e. The molecule has 1 atom stereocenters. The Morgan fingerprint density at radius 2 is 1.87 bits per heavy atom. The van der Waals surface area contributed by atoms with E-state index in [1.54, 1.807) is 0 Å². The molecule has 0 saturated carbocycles. The lowest BCUT2D eigenvalue weighted by molar-refractivity contribution is 0.273. The molecule has 15 heavy (non-hydrogen) atoms. The molecule has 1 aromatic heterocycles. The highest BCUT2D eigenvalue weighted by Gasteiger charge is 2.25. The molecular formula is C13H22N2. The average molecular weight is 206 g/mol. The van der Waals surface area contributed by atoms with E-state index in [2.05, 4.69) is 50.1 Å². The first-order chi connectivity index (χ1) is 7.05. The Kier molecular flexibility index (Phi) is 4.28. The van der Waals surface area contributed by atoms with Crippen molar-refractivity contribution in [3.63, 3.8) is 0 Å². The Morgan fingerprint density at radius 3 is 2.33 bits per heavy atom. The summed E-state index contributed by atoms with van der Waals surface area (Å²) in [7, 11) is 0. The van der Waals surface area contributed by atoms with Crippen molar-refractivity contribution in [3.05, 3.63) is 30.1 Å². The molecule has 0 spiro atoms. The van der Waals surface area contributed by atoms with Crippen molar-refractivity contribution in [2.45, 2.75) is 40.2 Å². The van der Waals surface area contributed by atoms with E-state index in [9.17, 15) is 0 Å². The fraction of sp³-hybridized carbons (Fsp3) is 0.615. The van der Waals surface area contributed by atoms with Crippen molar-refractivity contribution in [3.8, 4) is 0 Å². The normalized spacial score (nSPS) is 13.9. The lowest BCUT2D eigenvalue weighted by Gasteiger charge is -2.32. The van der Waals surface area contributed by atoms with Gasteiger partial charge in [0.1, 0.15) is 0 Å². The van der Waals surface area contributed by atoms with Gasteiger partial charge >= 0.3 is 0 Å². The molecule has 0 aromatic carbocycles. The van der Waals surface area contributed by atoms with Crippen LogP contribution >= 0.6 is 0 Å². The smallest absolute Gasteiger partial charge is 0.0370 e. The van der Waals surface area contributed by atoms with Gasteiger partial charge in [-0.25, -0.2) is 0 Å². The van der Waals surface area contributed by atoms with Gasteiger partial charge < -0.3 is 5.32 Å². The first-order valence-corrected chi connectivity index (χ1v) is 5.69. The van der Waals surface area contributed by atoms with Crippen LogP contribution in [0.2, 0.25) is 0 Å². The average Bonchev–Trinajstić information content (AvgIpc) is 2.18. The molecule has 2 nitrogen and oxygen atoms in total. The van der Waals surface area contributed by atoms with Crippen LogP contribution in [0.4, 0.5) is 0 Å². The summed E-state index contributed by atoms with van der Waals surface area (Å²) in [6, 6.07) is 4.59. The summed E-state index contributed by atoms with van der Waals surface area (Å²) >= 11 is 0. The summed E-state index contributed by atoms with van der Waals surface area (Å²) in [4.78, 5) is 4.06. The molecule has 1 heterocycles. The zero-order valence-electron chi connectivity index (χ0n) is 10.2. The monoisotopic (exact) mass is 206 g/mol. The molecule has 0 aliphatic heterocycles. The maximum absolute atomic E-state index is 4.06. The van der Waals surface area contributed by atoms with Gasteiger partial charge in [-0.3, -0.25) is 4.98 Å². The van der Waals surface area contributed by atoms with Crippen LogP contribution in [0.25, 0.3) is 0 Å². The van der Waals surface area contributed by atoms with Crippen LogP contribution < -0.4 is 5.32 Å². The van der Waals surface area contributed by atoms with Gasteiger partial charge in [-0.1, -0.05) is 27.7 Å². The molecule has 1 unspecified atom stereocenters. The standard InChI is InChI=1S/C13H22N2/c1-5-8-15-12(13(2,3)4)11-6-9-14-10-7-11/h6-7,9-10,12,15H,5,8H2,1-4H3. The van der Waals surface area contributed by atoms with Crippen LogP contribution in [0.5, 0.6) is 0 Å². The number of pyridine rings is 1. The Labute approximate surface area is 93.1 Å². The van der Waals surface area contributed by atoms with Crippen molar-refractivity contribution in [1.29, 1.82) is 0 Å². The molecule has 0 radical (unpaired) electrons. The van der Waals surface area contributed by atoms with Gasteiger partial charge in [0.25, 0.3) is 0 Å². The van der Waals surface area contributed by atoms with E-state index in [0.717, 1.165) is 13.0 Å². The highest BCUT2D eigenvalue weighted by atomic mass is 14.9. The van der Waals surface area contributed by atoms with E-state index in [1.165, 1.54) is 5.56 Å². The third-order valence-electron chi connectivity index (χ3n) is 2.50. The van der Waals surface area contributed by atoms with Gasteiger partial charge in [0, 0.05) is 18.4 Å². The van der Waals surface area contributed by atoms with Gasteiger partial charge in [0.15, 0.2) is 0 Å². The third-order valence-corrected chi connectivity index (χ3v) is 2.50. The Bertz CT molecular complexity index is 274. The number of hydrogen-bond donors (Lipinski definition) is 1. The Morgan fingerprint density at radius 1 is 1.27 bits per heavy atom. The van der Waals surface area contributed by atoms with Gasteiger partial charge in [-0.2, -0.15) is 0 Å². The number of nitrogens with zero attached hydrogens (tertiary/aromatic N) is 1. The minimum atomic E-state index is 0.233. The Balaban J connectivity index is 2.82. The first-order valence-electron chi connectivity index (χ1n) is 5.69. The quantitative estimate of drug-likeness (QED) is 0.818. The summed E-state index contributed by atoms with van der Waals surface area (Å²) in [5.41, 5.74) is 1.56. The van der Waals surface area contributed by atoms with Crippen molar-refractivity contribution in [2.75, 3.05) is 6.54 Å². The predicted molar refractivity (Wildman–Crippen MR) is 64.7 cm³/mol. The summed E-state index contributed by atoms with van der Waals surface area (Å²) < 4.78 is 0. The third kappa shape index (κ3) is 3.63. The molecule has 0 saturated heterocycles. The lowest BCUT2D eigenvalue weighted by atomic mass is 9.82. The number of rotatable bonds is 4. The summed E-state index contributed by atoms with van der Waals surface area (Å²) in [5.74, 6) is 0. The molecule has 1 N–H and O–H groups in total. The van der Waals surface area contributed by atoms with Crippen molar-refractivity contribution < 1.29 is 0 Å². The molecule has 2 heteroatoms. The van der Waals surface area contributed by atoms with Crippen molar-refractivity contribution in [1.82, 2.24) is 10.3 Å². The van der Waals surface area contributed by atoms with E-state index in [1.807, 2.05) is 12.4 Å². The Hall–Kier alpha value is -0.890. The van der Waals surface area contributed by atoms with Crippen LogP contribution in [-0.4, -0.2) is 11.5 Å². The maximum atomic E-state index is 4.06. The zero-order chi connectivity index (χ0) is 11.3. The summed E-state index contributed by atoms with van der Waals surface area (Å²) in [6.07, 6.45) is 4.89. The molecule has 0 aliphatic carbocycles. The number of aromatic nitrogens is 1. The molecular weight excluding hydrogens is 184 g/mol. The fourth-order valence-electron chi connectivity index (χ4n) is 1.77. The highest BCUT2D eigenvalue weighted by molar-refractivity contribution is 5.17. The lowest BCUT2D eigenvalue weighted by Crippen LogP contribution is -2.32. The van der Waals surface area contributed by atoms with E-state index in [-0.39, 0.29) is 5.41 Å². The molecule has 0 aliphatic rings. The van der Waals surface area contributed by atoms with Crippen molar-refractivity contribution in [2.24, 2.45) is 5.41 Å². The van der Waals surface area contributed by atoms with Gasteiger partial charge in [-0.05, 0) is 36.1 Å². The second kappa shape index (κ2) is 5.26. The first kappa shape index (κ1) is 12.2. The van der Waals surface area contributed by atoms with Crippen molar-refractivity contribution >= 4 is 0 Å². The zero-order valence-corrected chi connectivity index (χ0v) is 10.2. The molecule has 0 fully saturated rings. The van der Waals surface area contributed by atoms with E-state index < -0.39 is 0 Å². The minimum Gasteiger partial charge on any atom is -0.309 e. The topological polar surface area (TPSA) is 24.9 Å². The SMILES string of the molecule is CCCNC(c1ccncc1)C(C)(C)C. The summed E-state index contributed by atoms with van der Waals surface area (Å²) in [6.45, 7) is 10.0. The molecule has 1 aromatic rings. The second-order valence-electron chi connectivity index (χ2n) is 5.03. The number of hydrogen-bond acceptors (Lipinski definition) is 2. The van der Waals surface area contributed by atoms with E-state index >= 15 is 0 Å². The molecule has 0 amide bonds. The molecule has 84 valence electrons. The van der Waals surface area contributed by atoms with Crippen LogP contribution in [0, 0.1) is 5.41 Å². The van der Waals surface area contributed by atoms with E-state index in [4.69, 9.17) is 0 Å². The van der Waals surface area contributed by atoms with Gasteiger partial charge in [0.2, 0.25) is 0 Å². The molecule has 0 bridgehead atoms. The predicted octanol–water partition coefficient (Wildman–Crippen LogP) is 3.17. The van der Waals surface area contributed by atoms with E-state index in [0.29, 0.717) is 6.04 Å². The van der Waals surface area contributed by atoms with Crippen LogP contribution in [0.1, 0.15) is 45.7 Å².